The summed E-state index contributed by atoms with van der Waals surface area (Å²) in [5.41, 5.74) is 1.97. The van der Waals surface area contributed by atoms with Crippen LogP contribution in [0.4, 0.5) is 0 Å². The van der Waals surface area contributed by atoms with Gasteiger partial charge in [-0.3, -0.25) is 4.79 Å². The summed E-state index contributed by atoms with van der Waals surface area (Å²) in [4.78, 5) is 13.7. The minimum Gasteiger partial charge on any atom is -0.333 e. The Kier molecular flexibility index (Phi) is 5.92. The fourth-order valence-electron chi connectivity index (χ4n) is 1.98. The first-order valence-electron chi connectivity index (χ1n) is 6.41. The van der Waals surface area contributed by atoms with E-state index < -0.39 is 0 Å². The van der Waals surface area contributed by atoms with Crippen molar-refractivity contribution in [3.05, 3.63) is 69.7 Å². The number of amides is 1. The van der Waals surface area contributed by atoms with Crippen molar-refractivity contribution in [2.75, 3.05) is 5.88 Å². The van der Waals surface area contributed by atoms with Gasteiger partial charge in [-0.1, -0.05) is 59.6 Å². The van der Waals surface area contributed by atoms with Crippen LogP contribution < -0.4 is 0 Å². The second kappa shape index (κ2) is 7.69. The van der Waals surface area contributed by atoms with E-state index in [0.29, 0.717) is 23.1 Å². The molecule has 0 saturated carbocycles. The molecule has 5 heteroatoms. The number of halogens is 3. The maximum Gasteiger partial charge on any atom is 0.238 e. The van der Waals surface area contributed by atoms with Gasteiger partial charge in [-0.2, -0.15) is 0 Å². The first-order valence-corrected chi connectivity index (χ1v) is 7.71. The summed E-state index contributed by atoms with van der Waals surface area (Å²) in [6.07, 6.45) is 0. The lowest BCUT2D eigenvalue weighted by atomic mass is 10.1. The number of carbonyl (C=O) groups excluding carboxylic acids is 1. The van der Waals surface area contributed by atoms with E-state index in [-0.39, 0.29) is 11.8 Å². The largest absolute Gasteiger partial charge is 0.333 e. The van der Waals surface area contributed by atoms with Gasteiger partial charge in [0.1, 0.15) is 5.88 Å². The predicted molar refractivity (Wildman–Crippen MR) is 87.9 cm³/mol. The SMILES string of the molecule is O=C(CCl)N(Cc1ccccc1)Cc1ccc(Cl)c(Cl)c1. The molecule has 0 radical (unpaired) electrons. The van der Waals surface area contributed by atoms with Crippen molar-refractivity contribution >= 4 is 40.7 Å². The summed E-state index contributed by atoms with van der Waals surface area (Å²) in [5, 5.41) is 0.978. The molecule has 0 heterocycles. The summed E-state index contributed by atoms with van der Waals surface area (Å²) in [5.74, 6) is -0.166. The molecule has 2 aromatic carbocycles. The van der Waals surface area contributed by atoms with Crippen LogP contribution in [-0.2, 0) is 17.9 Å². The lowest BCUT2D eigenvalue weighted by Gasteiger charge is -2.22. The zero-order chi connectivity index (χ0) is 15.2. The summed E-state index contributed by atoms with van der Waals surface area (Å²) in [6, 6.07) is 15.1. The van der Waals surface area contributed by atoms with E-state index in [4.69, 9.17) is 34.8 Å². The molecule has 0 aliphatic heterocycles. The van der Waals surface area contributed by atoms with Crippen molar-refractivity contribution in [3.8, 4) is 0 Å². The maximum atomic E-state index is 12.0. The highest BCUT2D eigenvalue weighted by atomic mass is 35.5. The van der Waals surface area contributed by atoms with Gasteiger partial charge in [-0.15, -0.1) is 11.6 Å². The van der Waals surface area contributed by atoms with Gasteiger partial charge in [0.05, 0.1) is 10.0 Å². The molecule has 0 fully saturated rings. The average Bonchev–Trinajstić information content (AvgIpc) is 2.50. The Balaban J connectivity index is 2.16. The van der Waals surface area contributed by atoms with E-state index in [1.807, 2.05) is 36.4 Å². The quantitative estimate of drug-likeness (QED) is 0.717. The van der Waals surface area contributed by atoms with Gasteiger partial charge in [0.2, 0.25) is 5.91 Å². The van der Waals surface area contributed by atoms with Gasteiger partial charge in [-0.25, -0.2) is 0 Å². The molecular weight excluding hydrogens is 329 g/mol. The predicted octanol–water partition coefficient (Wildman–Crippen LogP) is 4.76. The Bertz CT molecular complexity index is 616. The maximum absolute atomic E-state index is 12.0. The lowest BCUT2D eigenvalue weighted by Crippen LogP contribution is -2.31. The molecule has 0 bridgehead atoms. The fraction of sp³-hybridized carbons (Fsp3) is 0.188. The van der Waals surface area contributed by atoms with Crippen LogP contribution in [0.2, 0.25) is 10.0 Å². The first-order chi connectivity index (χ1) is 10.1. The van der Waals surface area contributed by atoms with E-state index in [0.717, 1.165) is 11.1 Å². The van der Waals surface area contributed by atoms with Gasteiger partial charge >= 0.3 is 0 Å². The molecule has 0 N–H and O–H groups in total. The van der Waals surface area contributed by atoms with Crippen molar-refractivity contribution in [1.29, 1.82) is 0 Å². The minimum atomic E-state index is -0.119. The molecule has 0 unspecified atom stereocenters. The van der Waals surface area contributed by atoms with Gasteiger partial charge in [0, 0.05) is 13.1 Å². The highest BCUT2D eigenvalue weighted by Crippen LogP contribution is 2.23. The minimum absolute atomic E-state index is 0.0475. The molecule has 0 aromatic heterocycles. The molecule has 0 saturated heterocycles. The molecule has 110 valence electrons. The van der Waals surface area contributed by atoms with Gasteiger partial charge in [0.25, 0.3) is 0 Å². The van der Waals surface area contributed by atoms with Crippen LogP contribution in [0.15, 0.2) is 48.5 Å². The third-order valence-corrected chi connectivity index (χ3v) is 4.01. The number of hydrogen-bond acceptors (Lipinski definition) is 1. The molecule has 1 amide bonds. The van der Waals surface area contributed by atoms with Crippen LogP contribution in [0.5, 0.6) is 0 Å². The molecular formula is C16H14Cl3NO. The van der Waals surface area contributed by atoms with Crippen LogP contribution in [0.25, 0.3) is 0 Å². The molecule has 2 rings (SSSR count). The molecule has 21 heavy (non-hydrogen) atoms. The summed E-state index contributed by atoms with van der Waals surface area (Å²) < 4.78 is 0. The van der Waals surface area contributed by atoms with Gasteiger partial charge < -0.3 is 4.90 Å². The summed E-state index contributed by atoms with van der Waals surface area (Å²) >= 11 is 17.6. The molecule has 0 spiro atoms. The normalized spacial score (nSPS) is 10.4. The molecule has 2 nitrogen and oxygen atoms in total. The van der Waals surface area contributed by atoms with E-state index in [1.165, 1.54) is 0 Å². The Morgan fingerprint density at radius 1 is 0.905 bits per heavy atom. The Morgan fingerprint density at radius 2 is 1.57 bits per heavy atom. The number of rotatable bonds is 5. The van der Waals surface area contributed by atoms with E-state index in [2.05, 4.69) is 0 Å². The van der Waals surface area contributed by atoms with E-state index in [1.54, 1.807) is 17.0 Å². The average molecular weight is 343 g/mol. The Morgan fingerprint density at radius 3 is 2.19 bits per heavy atom. The van der Waals surface area contributed by atoms with Crippen LogP contribution in [-0.4, -0.2) is 16.7 Å². The number of hydrogen-bond donors (Lipinski definition) is 0. The second-order valence-electron chi connectivity index (χ2n) is 4.62. The third kappa shape index (κ3) is 4.63. The van der Waals surface area contributed by atoms with Crippen molar-refractivity contribution in [3.63, 3.8) is 0 Å². The first kappa shape index (κ1) is 16.2. The topological polar surface area (TPSA) is 20.3 Å². The highest BCUT2D eigenvalue weighted by Gasteiger charge is 2.14. The molecule has 0 atom stereocenters. The van der Waals surface area contributed by atoms with Gasteiger partial charge in [-0.05, 0) is 23.3 Å². The van der Waals surface area contributed by atoms with Crippen molar-refractivity contribution in [1.82, 2.24) is 4.90 Å². The van der Waals surface area contributed by atoms with Gasteiger partial charge in [0.15, 0.2) is 0 Å². The van der Waals surface area contributed by atoms with Crippen molar-refractivity contribution < 1.29 is 4.79 Å². The summed E-state index contributed by atoms with van der Waals surface area (Å²) in [6.45, 7) is 0.948. The van der Waals surface area contributed by atoms with Crippen LogP contribution in [0.3, 0.4) is 0 Å². The zero-order valence-electron chi connectivity index (χ0n) is 11.2. The van der Waals surface area contributed by atoms with Crippen LogP contribution >= 0.6 is 34.8 Å². The third-order valence-electron chi connectivity index (χ3n) is 3.04. The highest BCUT2D eigenvalue weighted by molar-refractivity contribution is 6.42. The van der Waals surface area contributed by atoms with Crippen LogP contribution in [0.1, 0.15) is 11.1 Å². The summed E-state index contributed by atoms with van der Waals surface area (Å²) in [7, 11) is 0. The standard InChI is InChI=1S/C16H14Cl3NO/c17-9-16(21)20(10-12-4-2-1-3-5-12)11-13-6-7-14(18)15(19)8-13/h1-8H,9-11H2. The zero-order valence-corrected chi connectivity index (χ0v) is 13.5. The Hall–Kier alpha value is -1.22. The number of carbonyl (C=O) groups is 1. The fourth-order valence-corrected chi connectivity index (χ4v) is 2.47. The lowest BCUT2D eigenvalue weighted by molar-refractivity contribution is -0.129. The van der Waals surface area contributed by atoms with E-state index >= 15 is 0 Å². The monoisotopic (exact) mass is 341 g/mol. The molecule has 0 aliphatic carbocycles. The molecule has 0 aliphatic rings. The smallest absolute Gasteiger partial charge is 0.238 e. The number of benzene rings is 2. The Labute approximate surface area is 139 Å². The van der Waals surface area contributed by atoms with E-state index in [9.17, 15) is 4.79 Å². The van der Waals surface area contributed by atoms with Crippen LogP contribution in [0, 0.1) is 0 Å². The van der Waals surface area contributed by atoms with Crippen molar-refractivity contribution in [2.45, 2.75) is 13.1 Å². The molecule has 2 aromatic rings. The number of nitrogens with zero attached hydrogens (tertiary/aromatic N) is 1. The number of alkyl halides is 1. The van der Waals surface area contributed by atoms with Crippen molar-refractivity contribution in [2.24, 2.45) is 0 Å². The second-order valence-corrected chi connectivity index (χ2v) is 5.70.